The summed E-state index contributed by atoms with van der Waals surface area (Å²) >= 11 is 0. The van der Waals surface area contributed by atoms with Crippen LogP contribution in [0.4, 0.5) is 25.2 Å². The SMILES string of the molecule is CC[N+](C)(CC)CC.F[P-](F)(F)(F)(F)F. The zero-order chi connectivity index (χ0) is 13.0. The van der Waals surface area contributed by atoms with Gasteiger partial charge >= 0.3 is 33.0 Å². The Morgan fingerprint density at radius 2 is 0.867 bits per heavy atom. The third-order valence-electron chi connectivity index (χ3n) is 2.29. The first-order chi connectivity index (χ1) is 6.13. The maximum absolute atomic E-state index is 10.7. The van der Waals surface area contributed by atoms with Gasteiger partial charge in [-0.2, -0.15) is 0 Å². The van der Waals surface area contributed by atoms with Crippen molar-refractivity contribution in [3.63, 3.8) is 0 Å². The summed E-state index contributed by atoms with van der Waals surface area (Å²) in [6, 6.07) is 0. The molecule has 0 radical (unpaired) electrons. The van der Waals surface area contributed by atoms with Crippen LogP contribution in [0.5, 0.6) is 0 Å². The van der Waals surface area contributed by atoms with Crippen molar-refractivity contribution in [2.45, 2.75) is 20.8 Å². The van der Waals surface area contributed by atoms with Crippen molar-refractivity contribution in [2.75, 3.05) is 26.7 Å². The van der Waals surface area contributed by atoms with Crippen molar-refractivity contribution in [3.8, 4) is 0 Å². The molecule has 0 amide bonds. The molecule has 0 saturated carbocycles. The molecule has 0 aliphatic heterocycles. The molecule has 98 valence electrons. The number of nitrogens with zero attached hydrogens (tertiary/aromatic N) is 1. The second kappa shape index (κ2) is 4.09. The van der Waals surface area contributed by atoms with Gasteiger partial charge in [0.05, 0.1) is 26.7 Å². The van der Waals surface area contributed by atoms with Crippen LogP contribution in [0.1, 0.15) is 20.8 Å². The molecule has 0 aromatic carbocycles. The minimum atomic E-state index is -10.7. The molecule has 0 bridgehead atoms. The number of quaternary nitrogens is 1. The first-order valence-corrected chi connectivity index (χ1v) is 6.56. The van der Waals surface area contributed by atoms with Crippen molar-refractivity contribution in [1.82, 2.24) is 0 Å². The molecule has 0 heterocycles. The Morgan fingerprint density at radius 1 is 0.733 bits per heavy atom. The normalized spacial score (nSPS) is 17.2. The fourth-order valence-electron chi connectivity index (χ4n) is 0.671. The Kier molecular flexibility index (Phi) is 4.74. The fraction of sp³-hybridized carbons (Fsp3) is 1.00. The van der Waals surface area contributed by atoms with E-state index >= 15 is 0 Å². The van der Waals surface area contributed by atoms with E-state index < -0.39 is 7.81 Å². The molecule has 0 saturated heterocycles. The predicted molar refractivity (Wildman–Crippen MR) is 51.4 cm³/mol. The van der Waals surface area contributed by atoms with Gasteiger partial charge in [-0.1, -0.05) is 0 Å². The number of rotatable bonds is 3. The monoisotopic (exact) mass is 261 g/mol. The van der Waals surface area contributed by atoms with Gasteiger partial charge in [0.2, 0.25) is 0 Å². The van der Waals surface area contributed by atoms with E-state index in [0.717, 1.165) is 0 Å². The first-order valence-electron chi connectivity index (χ1n) is 4.53. The quantitative estimate of drug-likeness (QED) is 0.386. The summed E-state index contributed by atoms with van der Waals surface area (Å²) in [5, 5.41) is 0. The van der Waals surface area contributed by atoms with Crippen molar-refractivity contribution in [2.24, 2.45) is 0 Å². The molecular weight excluding hydrogens is 243 g/mol. The van der Waals surface area contributed by atoms with E-state index in [1.165, 1.54) is 24.1 Å². The molecule has 0 aliphatic rings. The summed E-state index contributed by atoms with van der Waals surface area (Å²) in [6.07, 6.45) is 0. The van der Waals surface area contributed by atoms with Crippen LogP contribution in [-0.4, -0.2) is 31.2 Å². The van der Waals surface area contributed by atoms with Gasteiger partial charge in [0.15, 0.2) is 0 Å². The van der Waals surface area contributed by atoms with E-state index in [1.807, 2.05) is 0 Å². The Morgan fingerprint density at radius 3 is 0.867 bits per heavy atom. The van der Waals surface area contributed by atoms with Gasteiger partial charge in [0, 0.05) is 0 Å². The molecule has 1 nitrogen and oxygen atoms in total. The molecule has 0 fully saturated rings. The van der Waals surface area contributed by atoms with Gasteiger partial charge in [-0.25, -0.2) is 0 Å². The van der Waals surface area contributed by atoms with Crippen molar-refractivity contribution < 1.29 is 29.7 Å². The van der Waals surface area contributed by atoms with Crippen LogP contribution in [0.25, 0.3) is 0 Å². The summed E-state index contributed by atoms with van der Waals surface area (Å²) in [4.78, 5) is 0. The Bertz CT molecular complexity index is 171. The van der Waals surface area contributed by atoms with Crippen LogP contribution in [0, 0.1) is 0 Å². The van der Waals surface area contributed by atoms with Gasteiger partial charge in [0.25, 0.3) is 0 Å². The summed E-state index contributed by atoms with van der Waals surface area (Å²) < 4.78 is 60.4. The topological polar surface area (TPSA) is 0 Å². The molecule has 0 N–H and O–H groups in total. The van der Waals surface area contributed by atoms with E-state index in [2.05, 4.69) is 27.8 Å². The zero-order valence-electron chi connectivity index (χ0n) is 9.28. The fourth-order valence-corrected chi connectivity index (χ4v) is 0.671. The van der Waals surface area contributed by atoms with Crippen LogP contribution in [0.2, 0.25) is 0 Å². The van der Waals surface area contributed by atoms with Gasteiger partial charge in [-0.05, 0) is 20.8 Å². The Labute approximate surface area is 85.9 Å². The van der Waals surface area contributed by atoms with E-state index in [-0.39, 0.29) is 0 Å². The van der Waals surface area contributed by atoms with Gasteiger partial charge < -0.3 is 4.48 Å². The molecule has 0 atom stereocenters. The van der Waals surface area contributed by atoms with Crippen LogP contribution in [0.3, 0.4) is 0 Å². The van der Waals surface area contributed by atoms with Crippen LogP contribution in [0.15, 0.2) is 0 Å². The van der Waals surface area contributed by atoms with E-state index in [9.17, 15) is 25.2 Å². The molecule has 0 aliphatic carbocycles. The molecule has 0 unspecified atom stereocenters. The molecule has 0 spiro atoms. The summed E-state index contributed by atoms with van der Waals surface area (Å²) in [5.41, 5.74) is 0. The Balaban J connectivity index is 0. The summed E-state index contributed by atoms with van der Waals surface area (Å²) in [7, 11) is -8.37. The van der Waals surface area contributed by atoms with Crippen LogP contribution < -0.4 is 0 Å². The number of hydrogen-bond acceptors (Lipinski definition) is 0. The van der Waals surface area contributed by atoms with E-state index in [1.54, 1.807) is 0 Å². The predicted octanol–water partition coefficient (Wildman–Crippen LogP) is 4.88. The molecule has 0 rings (SSSR count). The molecule has 0 aromatic heterocycles. The zero-order valence-corrected chi connectivity index (χ0v) is 10.2. The molecule has 8 heteroatoms. The van der Waals surface area contributed by atoms with E-state index in [4.69, 9.17) is 0 Å². The average Bonchev–Trinajstić information content (AvgIpc) is 1.97. The van der Waals surface area contributed by atoms with Gasteiger partial charge in [0.1, 0.15) is 0 Å². The van der Waals surface area contributed by atoms with Crippen molar-refractivity contribution in [3.05, 3.63) is 0 Å². The Hall–Kier alpha value is -0.0300. The maximum atomic E-state index is 9.87. The van der Waals surface area contributed by atoms with Crippen molar-refractivity contribution in [1.29, 1.82) is 0 Å². The average molecular weight is 261 g/mol. The molecular formula is C7H18F6NP. The van der Waals surface area contributed by atoms with E-state index in [0.29, 0.717) is 0 Å². The third kappa shape index (κ3) is 24.9. The van der Waals surface area contributed by atoms with Crippen LogP contribution in [-0.2, 0) is 0 Å². The molecule has 0 aromatic rings. The minimum absolute atomic E-state index is 1.21. The standard InChI is InChI=1S/C7H18N.F6P/c1-5-8(4,6-2)7-3;1-7(2,3,4,5)6/h5-7H2,1-4H3;/q+1;-1. The second-order valence-electron chi connectivity index (χ2n) is 3.53. The summed E-state index contributed by atoms with van der Waals surface area (Å²) in [6.45, 7) is 10.5. The van der Waals surface area contributed by atoms with Gasteiger partial charge in [-0.3, -0.25) is 0 Å². The van der Waals surface area contributed by atoms with Crippen LogP contribution >= 0.6 is 7.81 Å². The number of hydrogen-bond donors (Lipinski definition) is 0. The first kappa shape index (κ1) is 17.4. The third-order valence-corrected chi connectivity index (χ3v) is 2.29. The summed E-state index contributed by atoms with van der Waals surface area (Å²) in [5.74, 6) is 0. The second-order valence-corrected chi connectivity index (χ2v) is 5.44. The van der Waals surface area contributed by atoms with Crippen molar-refractivity contribution >= 4 is 7.81 Å². The van der Waals surface area contributed by atoms with Gasteiger partial charge in [-0.15, -0.1) is 0 Å². The number of halogens is 6. The molecule has 15 heavy (non-hydrogen) atoms.